The second-order valence-electron chi connectivity index (χ2n) is 6.18. The molecule has 1 aromatic rings. The Kier molecular flexibility index (Phi) is 5.50. The van der Waals surface area contributed by atoms with Gasteiger partial charge in [-0.2, -0.15) is 0 Å². The van der Waals surface area contributed by atoms with Gasteiger partial charge in [0.25, 0.3) is 5.91 Å². The maximum absolute atomic E-state index is 12.6. The molecule has 4 atom stereocenters. The third-order valence-corrected chi connectivity index (χ3v) is 6.99. The Labute approximate surface area is 168 Å². The molecule has 4 N–H and O–H groups in total. The van der Waals surface area contributed by atoms with Crippen LogP contribution in [0.2, 0.25) is 0 Å². The molecule has 0 aromatic carbocycles. The SMILES string of the molecule is CON=C(C(=O)NC1C(=O)N2CC(OC)(C(=O)O)C(C)S[C@H]12)c1csc(N)n1. The molecular weight excluding hydrogens is 410 g/mol. The van der Waals surface area contributed by atoms with Crippen LogP contribution in [-0.4, -0.2) is 81.5 Å². The van der Waals surface area contributed by atoms with E-state index >= 15 is 0 Å². The largest absolute Gasteiger partial charge is 0.479 e. The van der Waals surface area contributed by atoms with Crippen LogP contribution in [0.25, 0.3) is 0 Å². The number of β-lactam (4-membered cyclic amide) rings is 1. The molecule has 2 aliphatic rings. The van der Waals surface area contributed by atoms with Crippen LogP contribution >= 0.6 is 23.1 Å². The van der Waals surface area contributed by atoms with Crippen molar-refractivity contribution in [2.75, 3.05) is 26.5 Å². The number of carbonyl (C=O) groups is 3. The van der Waals surface area contributed by atoms with Crippen LogP contribution in [0.1, 0.15) is 12.6 Å². The van der Waals surface area contributed by atoms with Gasteiger partial charge in [-0.05, 0) is 6.92 Å². The Morgan fingerprint density at radius 2 is 2.21 bits per heavy atom. The number of rotatable bonds is 6. The number of methoxy groups -OCH3 is 1. The fourth-order valence-electron chi connectivity index (χ4n) is 3.14. The number of thioether (sulfide) groups is 1. The average Bonchev–Trinajstić information content (AvgIpc) is 3.09. The van der Waals surface area contributed by atoms with E-state index in [1.807, 2.05) is 0 Å². The molecule has 2 saturated heterocycles. The van der Waals surface area contributed by atoms with Gasteiger partial charge in [0.15, 0.2) is 16.4 Å². The Hall–Kier alpha value is -2.38. The number of carboxylic acid groups (broad SMARTS) is 1. The van der Waals surface area contributed by atoms with Gasteiger partial charge in [0.1, 0.15) is 24.2 Å². The second kappa shape index (κ2) is 7.56. The molecular formula is C15H19N5O6S2. The van der Waals surface area contributed by atoms with Crippen molar-refractivity contribution in [3.8, 4) is 0 Å². The van der Waals surface area contributed by atoms with Crippen molar-refractivity contribution in [2.45, 2.75) is 29.2 Å². The maximum Gasteiger partial charge on any atom is 0.339 e. The molecule has 0 spiro atoms. The van der Waals surface area contributed by atoms with Crippen molar-refractivity contribution in [3.63, 3.8) is 0 Å². The fourth-order valence-corrected chi connectivity index (χ4v) is 5.26. The highest BCUT2D eigenvalue weighted by Crippen LogP contribution is 2.44. The fraction of sp³-hybridized carbons (Fsp3) is 0.533. The molecule has 11 nitrogen and oxygen atoms in total. The van der Waals surface area contributed by atoms with E-state index in [4.69, 9.17) is 15.3 Å². The van der Waals surface area contributed by atoms with Gasteiger partial charge in [-0.15, -0.1) is 23.1 Å². The lowest BCUT2D eigenvalue weighted by Crippen LogP contribution is -2.77. The highest BCUT2D eigenvalue weighted by molar-refractivity contribution is 8.00. The summed E-state index contributed by atoms with van der Waals surface area (Å²) in [5, 5.41) is 16.8. The molecule has 152 valence electrons. The Morgan fingerprint density at radius 1 is 1.50 bits per heavy atom. The molecule has 3 heterocycles. The lowest BCUT2D eigenvalue weighted by molar-refractivity contribution is -0.173. The van der Waals surface area contributed by atoms with Crippen LogP contribution in [0.5, 0.6) is 0 Å². The summed E-state index contributed by atoms with van der Waals surface area (Å²) in [6.45, 7) is 1.63. The lowest BCUT2D eigenvalue weighted by atomic mass is 9.94. The Morgan fingerprint density at radius 3 is 2.75 bits per heavy atom. The molecule has 0 bridgehead atoms. The van der Waals surface area contributed by atoms with Crippen molar-refractivity contribution in [3.05, 3.63) is 11.1 Å². The molecule has 2 amide bonds. The minimum atomic E-state index is -1.49. The van der Waals surface area contributed by atoms with E-state index in [-0.39, 0.29) is 23.1 Å². The second-order valence-corrected chi connectivity index (χ2v) is 8.53. The molecule has 2 fully saturated rings. The molecule has 3 rings (SSSR count). The molecule has 2 aliphatic heterocycles. The minimum absolute atomic E-state index is 0.0928. The highest BCUT2D eigenvalue weighted by Gasteiger charge is 2.61. The Balaban J connectivity index is 1.75. The number of hydrogen-bond acceptors (Lipinski definition) is 10. The third kappa shape index (κ3) is 3.18. The van der Waals surface area contributed by atoms with E-state index in [0.29, 0.717) is 0 Å². The van der Waals surface area contributed by atoms with Gasteiger partial charge in [-0.3, -0.25) is 9.59 Å². The van der Waals surface area contributed by atoms with Crippen LogP contribution in [0.3, 0.4) is 0 Å². The summed E-state index contributed by atoms with van der Waals surface area (Å²) in [4.78, 5) is 47.0. The molecule has 0 saturated carbocycles. The van der Waals surface area contributed by atoms with E-state index in [1.54, 1.807) is 12.3 Å². The normalized spacial score (nSPS) is 29.7. The van der Waals surface area contributed by atoms with Crippen molar-refractivity contribution in [1.82, 2.24) is 15.2 Å². The number of nitrogen functional groups attached to an aromatic ring is 1. The molecule has 0 radical (unpaired) electrons. The first kappa shape index (κ1) is 20.4. The van der Waals surface area contributed by atoms with Crippen molar-refractivity contribution < 1.29 is 29.1 Å². The number of carboxylic acids is 1. The number of anilines is 1. The molecule has 3 unspecified atom stereocenters. The predicted molar refractivity (Wildman–Crippen MR) is 102 cm³/mol. The zero-order chi connectivity index (χ0) is 20.6. The van der Waals surface area contributed by atoms with Gasteiger partial charge in [-0.25, -0.2) is 9.78 Å². The monoisotopic (exact) mass is 429 g/mol. The van der Waals surface area contributed by atoms with Gasteiger partial charge in [0.2, 0.25) is 5.91 Å². The number of fused-ring (bicyclic) bond motifs is 1. The van der Waals surface area contributed by atoms with Crippen LogP contribution in [0, 0.1) is 0 Å². The number of hydrogen-bond donors (Lipinski definition) is 3. The number of nitrogens with one attached hydrogen (secondary N) is 1. The van der Waals surface area contributed by atoms with Crippen molar-refractivity contribution >= 4 is 51.7 Å². The first-order valence-corrected chi connectivity index (χ1v) is 9.95. The number of oxime groups is 1. The zero-order valence-corrected chi connectivity index (χ0v) is 16.9. The first-order valence-electron chi connectivity index (χ1n) is 8.13. The number of nitrogens with zero attached hydrogens (tertiary/aromatic N) is 3. The van der Waals surface area contributed by atoms with E-state index in [9.17, 15) is 19.5 Å². The summed E-state index contributed by atoms with van der Waals surface area (Å²) in [5.41, 5.74) is 4.23. The number of amides is 2. The quantitative estimate of drug-likeness (QED) is 0.303. The summed E-state index contributed by atoms with van der Waals surface area (Å²) in [6.07, 6.45) is 0. The van der Waals surface area contributed by atoms with Crippen LogP contribution in [0.4, 0.5) is 5.13 Å². The van der Waals surface area contributed by atoms with Crippen molar-refractivity contribution in [1.29, 1.82) is 0 Å². The minimum Gasteiger partial charge on any atom is -0.479 e. The van der Waals surface area contributed by atoms with Crippen molar-refractivity contribution in [2.24, 2.45) is 5.16 Å². The van der Waals surface area contributed by atoms with Crippen LogP contribution in [0.15, 0.2) is 10.5 Å². The van der Waals surface area contributed by atoms with Crippen LogP contribution in [-0.2, 0) is 24.0 Å². The number of thiazole rings is 1. The number of ether oxygens (including phenoxy) is 1. The van der Waals surface area contributed by atoms with Gasteiger partial charge in [0, 0.05) is 17.7 Å². The summed E-state index contributed by atoms with van der Waals surface area (Å²) >= 11 is 2.39. The molecule has 0 aliphatic carbocycles. The van der Waals surface area contributed by atoms with Gasteiger partial charge in [-0.1, -0.05) is 5.16 Å². The number of aromatic nitrogens is 1. The van der Waals surface area contributed by atoms with E-state index in [0.717, 1.165) is 11.3 Å². The standard InChI is InChI=1S/C15H19N5O6S2/c1-6-15(25-2,13(23)24)5-20-11(22)9(12(20)28-6)18-10(21)8(19-26-3)7-4-27-14(16)17-7/h4,6,9,12H,5H2,1-3H3,(H2,16,17)(H,18,21)(H,23,24)/t6?,9?,12-,15?/m1/s1. The van der Waals surface area contributed by atoms with Gasteiger partial charge in [0.05, 0.1) is 6.54 Å². The summed E-state index contributed by atoms with van der Waals surface area (Å²) < 4.78 is 5.24. The van der Waals surface area contributed by atoms with Crippen LogP contribution < -0.4 is 11.1 Å². The molecule has 13 heteroatoms. The number of aliphatic carboxylic acids is 1. The summed E-state index contributed by atoms with van der Waals surface area (Å²) in [5.74, 6) is -2.17. The highest BCUT2D eigenvalue weighted by atomic mass is 32.2. The average molecular weight is 429 g/mol. The van der Waals surface area contributed by atoms with E-state index < -0.39 is 40.1 Å². The van der Waals surface area contributed by atoms with Gasteiger partial charge < -0.3 is 30.6 Å². The topological polar surface area (TPSA) is 156 Å². The zero-order valence-electron chi connectivity index (χ0n) is 15.2. The maximum atomic E-state index is 12.6. The smallest absolute Gasteiger partial charge is 0.339 e. The molecule has 1 aromatic heterocycles. The third-order valence-electron chi connectivity index (χ3n) is 4.72. The Bertz CT molecular complexity index is 845. The van der Waals surface area contributed by atoms with E-state index in [1.165, 1.54) is 30.9 Å². The summed E-state index contributed by atoms with van der Waals surface area (Å²) in [6, 6.07) is -0.818. The van der Waals surface area contributed by atoms with E-state index in [2.05, 4.69) is 15.5 Å². The number of nitrogens with two attached hydrogens (primary N) is 1. The lowest BCUT2D eigenvalue weighted by Gasteiger charge is -2.55. The van der Waals surface area contributed by atoms with Gasteiger partial charge >= 0.3 is 5.97 Å². The first-order chi connectivity index (χ1) is 13.2. The molecule has 28 heavy (non-hydrogen) atoms. The summed E-state index contributed by atoms with van der Waals surface area (Å²) in [7, 11) is 2.59. The number of carbonyl (C=O) groups excluding carboxylic acids is 2. The predicted octanol–water partition coefficient (Wildman–Crippen LogP) is -0.666.